The molecule has 0 saturated carbocycles. The maximum Gasteiger partial charge on any atom is 0.124 e. The largest absolute Gasteiger partial charge is 0.311 e. The molecule has 6 aromatic rings. The molecule has 5 aromatic carbocycles. The molecule has 0 aliphatic carbocycles. The molecule has 0 spiro atoms. The lowest BCUT2D eigenvalue weighted by Crippen LogP contribution is -2.09. The number of nitrogens with zero attached hydrogens (tertiary/aromatic N) is 2. The van der Waals surface area contributed by atoms with Gasteiger partial charge in [0.15, 0.2) is 0 Å². The van der Waals surface area contributed by atoms with Gasteiger partial charge in [0.25, 0.3) is 0 Å². The molecule has 1 heterocycles. The maximum absolute atomic E-state index is 4.75. The van der Waals surface area contributed by atoms with Crippen LogP contribution in [0.1, 0.15) is 11.1 Å². The lowest BCUT2D eigenvalue weighted by molar-refractivity contribution is 1.28. The molecular formula is C33H22N2S. The van der Waals surface area contributed by atoms with Gasteiger partial charge in [0.05, 0.1) is 10.2 Å². The summed E-state index contributed by atoms with van der Waals surface area (Å²) in [6.07, 6.45) is 0. The summed E-state index contributed by atoms with van der Waals surface area (Å²) >= 11 is 1.72. The van der Waals surface area contributed by atoms with Gasteiger partial charge in [-0.1, -0.05) is 72.5 Å². The van der Waals surface area contributed by atoms with Gasteiger partial charge >= 0.3 is 0 Å². The van der Waals surface area contributed by atoms with Gasteiger partial charge in [-0.2, -0.15) is 0 Å². The van der Waals surface area contributed by atoms with Gasteiger partial charge in [0.2, 0.25) is 0 Å². The van der Waals surface area contributed by atoms with E-state index in [-0.39, 0.29) is 0 Å². The predicted molar refractivity (Wildman–Crippen MR) is 152 cm³/mol. The van der Waals surface area contributed by atoms with Crippen molar-refractivity contribution in [3.05, 3.63) is 145 Å². The van der Waals surface area contributed by atoms with Gasteiger partial charge in [-0.3, -0.25) is 0 Å². The van der Waals surface area contributed by atoms with Crippen molar-refractivity contribution >= 4 is 38.6 Å². The Bertz CT molecular complexity index is 1590. The van der Waals surface area contributed by atoms with Crippen LogP contribution in [-0.2, 0) is 0 Å². The van der Waals surface area contributed by atoms with E-state index in [1.807, 2.05) is 18.2 Å². The lowest BCUT2D eigenvalue weighted by atomic mass is 10.1. The molecule has 36 heavy (non-hydrogen) atoms. The Morgan fingerprint density at radius 2 is 1.00 bits per heavy atom. The SMILES string of the molecule is C(#Cc1ccc(N(c2ccccc2)c2ccccc2)cc1)c1ccc(-c2nc3ccccc3s2)cc1. The smallest absolute Gasteiger partial charge is 0.124 e. The molecule has 0 fully saturated rings. The summed E-state index contributed by atoms with van der Waals surface area (Å²) in [4.78, 5) is 7.00. The summed E-state index contributed by atoms with van der Waals surface area (Å²) in [5.41, 5.74) is 7.47. The molecule has 0 atom stereocenters. The van der Waals surface area contributed by atoms with Crippen LogP contribution >= 0.6 is 11.3 Å². The zero-order valence-electron chi connectivity index (χ0n) is 19.5. The molecule has 0 radical (unpaired) electrons. The van der Waals surface area contributed by atoms with Crippen LogP contribution in [0, 0.1) is 11.8 Å². The first kappa shape index (κ1) is 21.9. The monoisotopic (exact) mass is 478 g/mol. The molecular weight excluding hydrogens is 456 g/mol. The molecule has 170 valence electrons. The molecule has 0 saturated heterocycles. The number of thiazole rings is 1. The van der Waals surface area contributed by atoms with E-state index >= 15 is 0 Å². The molecule has 0 N–H and O–H groups in total. The molecule has 1 aromatic heterocycles. The number of hydrogen-bond acceptors (Lipinski definition) is 3. The molecule has 3 heteroatoms. The van der Waals surface area contributed by atoms with Crippen LogP contribution in [0.3, 0.4) is 0 Å². The molecule has 6 rings (SSSR count). The third-order valence-electron chi connectivity index (χ3n) is 5.93. The zero-order valence-corrected chi connectivity index (χ0v) is 20.3. The minimum atomic E-state index is 0.982. The van der Waals surface area contributed by atoms with Crippen molar-refractivity contribution in [3.63, 3.8) is 0 Å². The number of anilines is 3. The fraction of sp³-hybridized carbons (Fsp3) is 0. The minimum Gasteiger partial charge on any atom is -0.311 e. The first-order valence-corrected chi connectivity index (χ1v) is 12.6. The summed E-state index contributed by atoms with van der Waals surface area (Å²) in [6, 6.07) is 45.8. The van der Waals surface area contributed by atoms with E-state index in [1.165, 1.54) is 4.70 Å². The summed E-state index contributed by atoms with van der Waals surface area (Å²) in [5, 5.41) is 1.03. The van der Waals surface area contributed by atoms with Crippen molar-refractivity contribution in [3.8, 4) is 22.4 Å². The van der Waals surface area contributed by atoms with Gasteiger partial charge in [0, 0.05) is 33.8 Å². The number of rotatable bonds is 4. The summed E-state index contributed by atoms with van der Waals surface area (Å²) in [7, 11) is 0. The van der Waals surface area contributed by atoms with Crippen molar-refractivity contribution in [2.75, 3.05) is 4.90 Å². The Labute approximate surface area is 215 Å². The molecule has 2 nitrogen and oxygen atoms in total. The van der Waals surface area contributed by atoms with E-state index < -0.39 is 0 Å². The van der Waals surface area contributed by atoms with Crippen LogP contribution in [0.25, 0.3) is 20.8 Å². The highest BCUT2D eigenvalue weighted by molar-refractivity contribution is 7.21. The Kier molecular flexibility index (Phi) is 6.02. The Balaban J connectivity index is 1.23. The van der Waals surface area contributed by atoms with E-state index in [0.29, 0.717) is 0 Å². The second-order valence-electron chi connectivity index (χ2n) is 8.37. The Morgan fingerprint density at radius 1 is 0.500 bits per heavy atom. The third kappa shape index (κ3) is 4.63. The maximum atomic E-state index is 4.75. The van der Waals surface area contributed by atoms with E-state index in [0.717, 1.165) is 44.3 Å². The highest BCUT2D eigenvalue weighted by atomic mass is 32.1. The predicted octanol–water partition coefficient (Wildman–Crippen LogP) is 8.83. The summed E-state index contributed by atoms with van der Waals surface area (Å²) in [5.74, 6) is 6.60. The van der Waals surface area contributed by atoms with E-state index in [9.17, 15) is 0 Å². The van der Waals surface area contributed by atoms with Crippen molar-refractivity contribution in [2.45, 2.75) is 0 Å². The number of benzene rings is 5. The minimum absolute atomic E-state index is 0.982. The average Bonchev–Trinajstić information content (AvgIpc) is 3.39. The van der Waals surface area contributed by atoms with Gasteiger partial charge in [-0.25, -0.2) is 4.98 Å². The van der Waals surface area contributed by atoms with Crippen molar-refractivity contribution in [1.29, 1.82) is 0 Å². The Hall–Kier alpha value is -4.65. The topological polar surface area (TPSA) is 16.1 Å². The van der Waals surface area contributed by atoms with Crippen LogP contribution in [0.5, 0.6) is 0 Å². The Morgan fingerprint density at radius 3 is 1.58 bits per heavy atom. The van der Waals surface area contributed by atoms with Crippen LogP contribution in [0.2, 0.25) is 0 Å². The molecule has 0 aliphatic rings. The highest BCUT2D eigenvalue weighted by Gasteiger charge is 2.11. The lowest BCUT2D eigenvalue weighted by Gasteiger charge is -2.25. The standard InChI is InChI=1S/C33H22N2S/c1-3-9-28(10-4-1)35(29-11-5-2-6-12-29)30-23-19-26(20-24-30)16-15-25-17-21-27(22-18-25)33-34-31-13-7-8-14-32(31)36-33/h1-14,17-24H. The fourth-order valence-corrected chi connectivity index (χ4v) is 5.10. The van der Waals surface area contributed by atoms with Crippen molar-refractivity contribution in [2.24, 2.45) is 0 Å². The van der Waals surface area contributed by atoms with Crippen molar-refractivity contribution in [1.82, 2.24) is 4.98 Å². The molecule has 0 bridgehead atoms. The van der Waals surface area contributed by atoms with E-state index in [2.05, 4.69) is 132 Å². The molecule has 0 aliphatic heterocycles. The van der Waals surface area contributed by atoms with Crippen molar-refractivity contribution < 1.29 is 0 Å². The number of hydrogen-bond donors (Lipinski definition) is 0. The molecule has 0 amide bonds. The number of fused-ring (bicyclic) bond motifs is 1. The quantitative estimate of drug-likeness (QED) is 0.235. The fourth-order valence-electron chi connectivity index (χ4n) is 4.13. The third-order valence-corrected chi connectivity index (χ3v) is 7.02. The number of aromatic nitrogens is 1. The highest BCUT2D eigenvalue weighted by Crippen LogP contribution is 2.34. The van der Waals surface area contributed by atoms with E-state index in [1.54, 1.807) is 11.3 Å². The second kappa shape index (κ2) is 9.92. The molecule has 0 unspecified atom stereocenters. The second-order valence-corrected chi connectivity index (χ2v) is 9.40. The summed E-state index contributed by atoms with van der Waals surface area (Å²) < 4.78 is 1.21. The summed E-state index contributed by atoms with van der Waals surface area (Å²) in [6.45, 7) is 0. The normalized spacial score (nSPS) is 10.6. The zero-order chi connectivity index (χ0) is 24.2. The van der Waals surface area contributed by atoms with Gasteiger partial charge in [-0.05, 0) is 72.8 Å². The van der Waals surface area contributed by atoms with Gasteiger partial charge < -0.3 is 4.90 Å². The number of para-hydroxylation sites is 3. The van der Waals surface area contributed by atoms with Crippen LogP contribution in [-0.4, -0.2) is 4.98 Å². The van der Waals surface area contributed by atoms with Gasteiger partial charge in [0.1, 0.15) is 5.01 Å². The van der Waals surface area contributed by atoms with E-state index in [4.69, 9.17) is 4.98 Å². The van der Waals surface area contributed by atoms with Crippen LogP contribution < -0.4 is 4.90 Å². The first-order chi connectivity index (χ1) is 17.8. The van der Waals surface area contributed by atoms with Gasteiger partial charge in [-0.15, -0.1) is 11.3 Å². The van der Waals surface area contributed by atoms with Crippen LogP contribution in [0.15, 0.2) is 133 Å². The average molecular weight is 479 g/mol. The van der Waals surface area contributed by atoms with Crippen LogP contribution in [0.4, 0.5) is 17.1 Å². The first-order valence-electron chi connectivity index (χ1n) is 11.8.